The molecule has 1 N–H and O–H groups in total. The molecule has 4 heteroatoms. The molecule has 1 fully saturated rings. The smallest absolute Gasteiger partial charge is 0.330 e. The van der Waals surface area contributed by atoms with Crippen LogP contribution in [-0.4, -0.2) is 19.1 Å². The van der Waals surface area contributed by atoms with Crippen LogP contribution in [0.5, 0.6) is 0 Å². The van der Waals surface area contributed by atoms with Crippen LogP contribution in [0.25, 0.3) is 0 Å². The highest BCUT2D eigenvalue weighted by molar-refractivity contribution is 5.82. The van der Waals surface area contributed by atoms with Gasteiger partial charge in [-0.25, -0.2) is 9.18 Å². The van der Waals surface area contributed by atoms with Crippen LogP contribution < -0.4 is 5.32 Å². The number of carbonyl (C=O) groups is 1. The molecule has 21 heavy (non-hydrogen) atoms. The predicted molar refractivity (Wildman–Crippen MR) is 80.4 cm³/mol. The quantitative estimate of drug-likeness (QED) is 0.844. The van der Waals surface area contributed by atoms with Crippen LogP contribution in [0.2, 0.25) is 0 Å². The van der Waals surface area contributed by atoms with E-state index in [0.717, 1.165) is 12.8 Å². The summed E-state index contributed by atoms with van der Waals surface area (Å²) in [5, 5.41) is 3.47. The molecule has 1 aromatic rings. The van der Waals surface area contributed by atoms with Gasteiger partial charge >= 0.3 is 5.97 Å². The zero-order chi connectivity index (χ0) is 15.3. The van der Waals surface area contributed by atoms with Crippen molar-refractivity contribution >= 4 is 5.97 Å². The summed E-state index contributed by atoms with van der Waals surface area (Å²) in [4.78, 5) is 12.4. The molecule has 1 atom stereocenters. The SMILES string of the molecule is CCC(NC1CCCCC1)(C(=O)OC)c1cccc(F)c1. The molecule has 0 aromatic heterocycles. The van der Waals surface area contributed by atoms with Gasteiger partial charge in [-0.1, -0.05) is 38.3 Å². The van der Waals surface area contributed by atoms with E-state index in [-0.39, 0.29) is 17.8 Å². The summed E-state index contributed by atoms with van der Waals surface area (Å²) < 4.78 is 18.6. The minimum absolute atomic E-state index is 0.279. The maximum Gasteiger partial charge on any atom is 0.330 e. The Morgan fingerprint density at radius 1 is 1.38 bits per heavy atom. The standard InChI is InChI=1S/C17H24FNO2/c1-3-17(16(20)21-2,13-8-7-9-14(18)12-13)19-15-10-5-4-6-11-15/h7-9,12,15,19H,3-6,10-11H2,1-2H3. The zero-order valence-corrected chi connectivity index (χ0v) is 12.8. The van der Waals surface area contributed by atoms with E-state index in [1.165, 1.54) is 38.5 Å². The molecular formula is C17H24FNO2. The van der Waals surface area contributed by atoms with Crippen LogP contribution in [0.1, 0.15) is 51.0 Å². The number of carbonyl (C=O) groups excluding carboxylic acids is 1. The van der Waals surface area contributed by atoms with Crippen LogP contribution >= 0.6 is 0 Å². The number of nitrogens with one attached hydrogen (secondary N) is 1. The molecule has 2 rings (SSSR count). The molecule has 116 valence electrons. The van der Waals surface area contributed by atoms with Crippen molar-refractivity contribution in [3.63, 3.8) is 0 Å². The van der Waals surface area contributed by atoms with Crippen molar-refractivity contribution in [3.8, 4) is 0 Å². The van der Waals surface area contributed by atoms with Gasteiger partial charge in [-0.15, -0.1) is 0 Å². The Hall–Kier alpha value is -1.42. The number of ether oxygens (including phenoxy) is 1. The van der Waals surface area contributed by atoms with Crippen molar-refractivity contribution in [1.82, 2.24) is 5.32 Å². The first-order chi connectivity index (χ1) is 10.1. The lowest BCUT2D eigenvalue weighted by molar-refractivity contribution is -0.150. The lowest BCUT2D eigenvalue weighted by Crippen LogP contribution is -2.54. The van der Waals surface area contributed by atoms with E-state index < -0.39 is 5.54 Å². The Labute approximate surface area is 125 Å². The Balaban J connectivity index is 2.34. The van der Waals surface area contributed by atoms with E-state index in [2.05, 4.69) is 5.32 Å². The summed E-state index contributed by atoms with van der Waals surface area (Å²) in [6.45, 7) is 1.93. The third-order valence-electron chi connectivity index (χ3n) is 4.44. The third-order valence-corrected chi connectivity index (χ3v) is 4.44. The fraction of sp³-hybridized carbons (Fsp3) is 0.588. The van der Waals surface area contributed by atoms with Gasteiger partial charge in [0.25, 0.3) is 0 Å². The molecule has 1 saturated carbocycles. The van der Waals surface area contributed by atoms with E-state index in [4.69, 9.17) is 4.74 Å². The number of hydrogen-bond acceptors (Lipinski definition) is 3. The van der Waals surface area contributed by atoms with E-state index >= 15 is 0 Å². The molecule has 1 unspecified atom stereocenters. The monoisotopic (exact) mass is 293 g/mol. The summed E-state index contributed by atoms with van der Waals surface area (Å²) in [6, 6.07) is 6.53. The molecular weight excluding hydrogens is 269 g/mol. The predicted octanol–water partition coefficient (Wildman–Crippen LogP) is 3.53. The highest BCUT2D eigenvalue weighted by Gasteiger charge is 2.41. The number of halogens is 1. The average Bonchev–Trinajstić information content (AvgIpc) is 2.53. The minimum atomic E-state index is -0.959. The second kappa shape index (κ2) is 7.03. The van der Waals surface area contributed by atoms with Gasteiger partial charge in [-0.2, -0.15) is 0 Å². The maximum absolute atomic E-state index is 13.6. The van der Waals surface area contributed by atoms with Gasteiger partial charge in [0.05, 0.1) is 7.11 Å². The molecule has 0 saturated heterocycles. The molecule has 0 bridgehead atoms. The molecule has 1 aliphatic rings. The topological polar surface area (TPSA) is 38.3 Å². The highest BCUT2D eigenvalue weighted by Crippen LogP contribution is 2.30. The molecule has 0 radical (unpaired) electrons. The summed E-state index contributed by atoms with van der Waals surface area (Å²) in [5.41, 5.74) is -0.318. The van der Waals surface area contributed by atoms with Gasteiger partial charge in [0, 0.05) is 6.04 Å². The van der Waals surface area contributed by atoms with Crippen LogP contribution in [-0.2, 0) is 15.1 Å². The normalized spacial score (nSPS) is 19.0. The van der Waals surface area contributed by atoms with Crippen molar-refractivity contribution in [2.24, 2.45) is 0 Å². The van der Waals surface area contributed by atoms with E-state index in [9.17, 15) is 9.18 Å². The number of methoxy groups -OCH3 is 1. The molecule has 3 nitrogen and oxygen atoms in total. The second-order valence-corrected chi connectivity index (χ2v) is 5.74. The highest BCUT2D eigenvalue weighted by atomic mass is 19.1. The van der Waals surface area contributed by atoms with Crippen molar-refractivity contribution < 1.29 is 13.9 Å². The van der Waals surface area contributed by atoms with Crippen LogP contribution in [0.15, 0.2) is 24.3 Å². The van der Waals surface area contributed by atoms with Crippen molar-refractivity contribution in [2.75, 3.05) is 7.11 Å². The fourth-order valence-electron chi connectivity index (χ4n) is 3.23. The van der Waals surface area contributed by atoms with Gasteiger partial charge in [0.1, 0.15) is 11.4 Å². The number of benzene rings is 1. The largest absolute Gasteiger partial charge is 0.467 e. The van der Waals surface area contributed by atoms with Gasteiger partial charge < -0.3 is 4.74 Å². The lowest BCUT2D eigenvalue weighted by Gasteiger charge is -2.37. The maximum atomic E-state index is 13.6. The van der Waals surface area contributed by atoms with Gasteiger partial charge in [-0.05, 0) is 37.0 Å². The lowest BCUT2D eigenvalue weighted by atomic mass is 9.84. The van der Waals surface area contributed by atoms with E-state index in [0.29, 0.717) is 12.0 Å². The van der Waals surface area contributed by atoms with Crippen LogP contribution in [0.4, 0.5) is 4.39 Å². The summed E-state index contributed by atoms with van der Waals surface area (Å²) >= 11 is 0. The first kappa shape index (κ1) is 16.0. The fourth-order valence-corrected chi connectivity index (χ4v) is 3.23. The zero-order valence-electron chi connectivity index (χ0n) is 12.8. The third kappa shape index (κ3) is 3.43. The van der Waals surface area contributed by atoms with Crippen molar-refractivity contribution in [2.45, 2.75) is 57.0 Å². The van der Waals surface area contributed by atoms with Crippen molar-refractivity contribution in [3.05, 3.63) is 35.6 Å². The van der Waals surface area contributed by atoms with Crippen LogP contribution in [0, 0.1) is 5.82 Å². The Kier molecular flexibility index (Phi) is 5.34. The van der Waals surface area contributed by atoms with Crippen molar-refractivity contribution in [1.29, 1.82) is 0 Å². The average molecular weight is 293 g/mol. The molecule has 0 amide bonds. The van der Waals surface area contributed by atoms with Gasteiger partial charge in [0.15, 0.2) is 0 Å². The summed E-state index contributed by atoms with van der Waals surface area (Å²) in [7, 11) is 1.38. The minimum Gasteiger partial charge on any atom is -0.467 e. The Bertz CT molecular complexity index is 485. The van der Waals surface area contributed by atoms with E-state index in [1.807, 2.05) is 6.92 Å². The van der Waals surface area contributed by atoms with Gasteiger partial charge in [-0.3, -0.25) is 5.32 Å². The molecule has 1 aliphatic carbocycles. The van der Waals surface area contributed by atoms with Gasteiger partial charge in [0.2, 0.25) is 0 Å². The molecule has 0 aliphatic heterocycles. The molecule has 0 spiro atoms. The first-order valence-corrected chi connectivity index (χ1v) is 7.74. The molecule has 1 aromatic carbocycles. The first-order valence-electron chi connectivity index (χ1n) is 7.74. The van der Waals surface area contributed by atoms with Crippen LogP contribution in [0.3, 0.4) is 0 Å². The summed E-state index contributed by atoms with van der Waals surface area (Å²) in [6.07, 6.45) is 6.21. The second-order valence-electron chi connectivity index (χ2n) is 5.74. The number of hydrogen-bond donors (Lipinski definition) is 1. The number of rotatable bonds is 5. The Morgan fingerprint density at radius 3 is 2.67 bits per heavy atom. The summed E-state index contributed by atoms with van der Waals surface area (Å²) in [5.74, 6) is -0.680. The molecule has 0 heterocycles. The number of esters is 1. The Morgan fingerprint density at radius 2 is 2.10 bits per heavy atom. The van der Waals surface area contributed by atoms with E-state index in [1.54, 1.807) is 12.1 Å².